The van der Waals surface area contributed by atoms with Crippen LogP contribution in [-0.4, -0.2) is 37.4 Å². The Morgan fingerprint density at radius 1 is 1.05 bits per heavy atom. The third-order valence-electron chi connectivity index (χ3n) is 5.21. The number of nitrogens with zero attached hydrogens (tertiary/aromatic N) is 6. The number of nitrogen functional groups attached to an aromatic ring is 1. The number of hydrazone groups is 1. The number of benzene rings is 3. The Balaban J connectivity index is 1.29. The van der Waals surface area contributed by atoms with E-state index in [0.717, 1.165) is 20.3 Å². The van der Waals surface area contributed by atoms with Gasteiger partial charge in [0.25, 0.3) is 5.91 Å². The Morgan fingerprint density at radius 2 is 1.81 bits per heavy atom. The van der Waals surface area contributed by atoms with Gasteiger partial charge in [0.1, 0.15) is 18.1 Å². The highest BCUT2D eigenvalue weighted by Crippen LogP contribution is 2.24. The van der Waals surface area contributed by atoms with Crippen LogP contribution in [0.4, 0.5) is 5.82 Å². The molecule has 0 aliphatic carbocycles. The first-order valence-corrected chi connectivity index (χ1v) is 11.8. The predicted molar refractivity (Wildman–Crippen MR) is 139 cm³/mol. The molecule has 12 heteroatoms. The standard InChI is InChI=1S/C25H19BrN8O3/c26-19-10-6-17(7-11-19)15-36-20-12-8-16(9-13-20)14-28-30-25(35)22-21(18-4-2-1-3-5-18)29-33-34(22)24-23(27)31-37-32-24/h1-14H,15H2,(H2,27,31)(H,30,35)/b28-14-. The van der Waals surface area contributed by atoms with E-state index in [1.165, 1.54) is 6.21 Å². The van der Waals surface area contributed by atoms with Gasteiger partial charge in [0.2, 0.25) is 11.6 Å². The average molecular weight is 559 g/mol. The summed E-state index contributed by atoms with van der Waals surface area (Å²) in [6.07, 6.45) is 1.51. The Labute approximate surface area is 219 Å². The molecule has 1 amide bonds. The first-order valence-electron chi connectivity index (χ1n) is 11.0. The van der Waals surface area contributed by atoms with Crippen LogP contribution in [0, 0.1) is 0 Å². The summed E-state index contributed by atoms with van der Waals surface area (Å²) < 4.78 is 12.7. The molecule has 0 radical (unpaired) electrons. The van der Waals surface area contributed by atoms with Crippen molar-refractivity contribution in [2.75, 3.05) is 5.73 Å². The summed E-state index contributed by atoms with van der Waals surface area (Å²) in [5.74, 6) is 0.148. The maximum Gasteiger partial charge on any atom is 0.292 e. The largest absolute Gasteiger partial charge is 0.489 e. The lowest BCUT2D eigenvalue weighted by molar-refractivity contribution is 0.0948. The summed E-state index contributed by atoms with van der Waals surface area (Å²) in [5.41, 5.74) is 11.2. The third-order valence-corrected chi connectivity index (χ3v) is 5.74. The van der Waals surface area contributed by atoms with E-state index in [2.05, 4.69) is 51.7 Å². The highest BCUT2D eigenvalue weighted by Gasteiger charge is 2.25. The number of anilines is 1. The van der Waals surface area contributed by atoms with Crippen molar-refractivity contribution in [2.24, 2.45) is 5.10 Å². The molecule has 0 aliphatic rings. The second-order valence-electron chi connectivity index (χ2n) is 7.72. The highest BCUT2D eigenvalue weighted by molar-refractivity contribution is 9.10. The molecule has 0 unspecified atom stereocenters. The molecular weight excluding hydrogens is 540 g/mol. The van der Waals surface area contributed by atoms with Crippen molar-refractivity contribution in [3.63, 3.8) is 0 Å². The van der Waals surface area contributed by atoms with E-state index in [9.17, 15) is 4.79 Å². The second kappa shape index (κ2) is 10.8. The number of nitrogens with two attached hydrogens (primary N) is 1. The molecule has 2 aromatic heterocycles. The van der Waals surface area contributed by atoms with Crippen LogP contribution in [0.25, 0.3) is 17.1 Å². The van der Waals surface area contributed by atoms with Crippen molar-refractivity contribution >= 4 is 33.9 Å². The van der Waals surface area contributed by atoms with Gasteiger partial charge in [-0.15, -0.1) is 5.10 Å². The number of hydrogen-bond acceptors (Lipinski definition) is 9. The Bertz CT molecular complexity index is 1530. The third kappa shape index (κ3) is 5.54. The molecule has 11 nitrogen and oxygen atoms in total. The molecule has 0 aliphatic heterocycles. The minimum absolute atomic E-state index is 0.0375. The molecule has 0 spiro atoms. The van der Waals surface area contributed by atoms with Crippen molar-refractivity contribution in [1.82, 2.24) is 30.7 Å². The number of nitrogens with one attached hydrogen (secondary N) is 1. The van der Waals surface area contributed by atoms with Gasteiger partial charge in [-0.25, -0.2) is 10.1 Å². The van der Waals surface area contributed by atoms with E-state index in [4.69, 9.17) is 10.5 Å². The van der Waals surface area contributed by atoms with Gasteiger partial charge >= 0.3 is 0 Å². The Morgan fingerprint density at radius 3 is 2.51 bits per heavy atom. The van der Waals surface area contributed by atoms with Crippen LogP contribution in [-0.2, 0) is 6.61 Å². The highest BCUT2D eigenvalue weighted by atomic mass is 79.9. The van der Waals surface area contributed by atoms with Crippen LogP contribution in [0.1, 0.15) is 21.6 Å². The zero-order valence-corrected chi connectivity index (χ0v) is 20.7. The number of halogens is 1. The number of carbonyl (C=O) groups is 1. The lowest BCUT2D eigenvalue weighted by Gasteiger charge is -2.07. The molecule has 0 bridgehead atoms. The summed E-state index contributed by atoms with van der Waals surface area (Å²) in [6, 6.07) is 24.4. The first kappa shape index (κ1) is 23.9. The minimum atomic E-state index is -0.572. The van der Waals surface area contributed by atoms with E-state index in [1.807, 2.05) is 66.7 Å². The summed E-state index contributed by atoms with van der Waals surface area (Å²) in [5, 5.41) is 19.5. The molecule has 0 saturated heterocycles. The predicted octanol–water partition coefficient (Wildman–Crippen LogP) is 4.00. The second-order valence-corrected chi connectivity index (χ2v) is 8.64. The van der Waals surface area contributed by atoms with Crippen molar-refractivity contribution in [3.8, 4) is 22.8 Å². The van der Waals surface area contributed by atoms with E-state index in [1.54, 1.807) is 12.1 Å². The maximum absolute atomic E-state index is 13.1. The summed E-state index contributed by atoms with van der Waals surface area (Å²) in [4.78, 5) is 13.1. The van der Waals surface area contributed by atoms with Gasteiger partial charge in [0, 0.05) is 10.0 Å². The summed E-state index contributed by atoms with van der Waals surface area (Å²) >= 11 is 3.42. The lowest BCUT2D eigenvalue weighted by Crippen LogP contribution is -2.22. The molecule has 0 atom stereocenters. The van der Waals surface area contributed by atoms with Gasteiger partial charge in [0.15, 0.2) is 5.69 Å². The fraction of sp³-hybridized carbons (Fsp3) is 0.0400. The van der Waals surface area contributed by atoms with E-state index >= 15 is 0 Å². The van der Waals surface area contributed by atoms with Gasteiger partial charge in [-0.2, -0.15) is 9.78 Å². The molecule has 0 fully saturated rings. The number of amides is 1. The smallest absolute Gasteiger partial charge is 0.292 e. The average Bonchev–Trinajstić information content (AvgIpc) is 3.55. The number of carbonyl (C=O) groups excluding carboxylic acids is 1. The zero-order valence-electron chi connectivity index (χ0n) is 19.2. The number of rotatable bonds is 8. The van der Waals surface area contributed by atoms with E-state index in [0.29, 0.717) is 23.6 Å². The molecule has 3 aromatic carbocycles. The number of ether oxygens (including phenoxy) is 1. The SMILES string of the molecule is Nc1nonc1-n1nnc(-c2ccccc2)c1C(=O)N/N=C\c1ccc(OCc2ccc(Br)cc2)cc1. The van der Waals surface area contributed by atoms with Gasteiger partial charge in [0.05, 0.1) is 6.21 Å². The van der Waals surface area contributed by atoms with Gasteiger partial charge < -0.3 is 10.5 Å². The summed E-state index contributed by atoms with van der Waals surface area (Å²) in [6.45, 7) is 0.452. The van der Waals surface area contributed by atoms with Gasteiger partial charge in [-0.1, -0.05) is 63.6 Å². The molecule has 184 valence electrons. The minimum Gasteiger partial charge on any atom is -0.489 e. The number of aromatic nitrogens is 5. The monoisotopic (exact) mass is 558 g/mol. The molecular formula is C25H19BrN8O3. The quantitative estimate of drug-likeness (QED) is 0.214. The fourth-order valence-corrected chi connectivity index (χ4v) is 3.64. The van der Waals surface area contributed by atoms with E-state index in [-0.39, 0.29) is 17.3 Å². The first-order chi connectivity index (χ1) is 18.1. The molecule has 0 saturated carbocycles. The molecule has 5 aromatic rings. The van der Waals surface area contributed by atoms with Crippen LogP contribution in [0.5, 0.6) is 5.75 Å². The van der Waals surface area contributed by atoms with Crippen LogP contribution in [0.3, 0.4) is 0 Å². The summed E-state index contributed by atoms with van der Waals surface area (Å²) in [7, 11) is 0. The van der Waals surface area contributed by atoms with E-state index < -0.39 is 5.91 Å². The van der Waals surface area contributed by atoms with Crippen molar-refractivity contribution in [2.45, 2.75) is 6.61 Å². The van der Waals surface area contributed by atoms with Crippen molar-refractivity contribution < 1.29 is 14.2 Å². The van der Waals surface area contributed by atoms with Crippen molar-refractivity contribution in [1.29, 1.82) is 0 Å². The van der Waals surface area contributed by atoms with Gasteiger partial charge in [-0.3, -0.25) is 4.79 Å². The maximum atomic E-state index is 13.1. The topological polar surface area (TPSA) is 146 Å². The van der Waals surface area contributed by atoms with Gasteiger partial charge in [-0.05, 0) is 57.8 Å². The molecule has 5 rings (SSSR count). The fourth-order valence-electron chi connectivity index (χ4n) is 3.38. The number of hydrogen-bond donors (Lipinski definition) is 2. The molecule has 2 heterocycles. The lowest BCUT2D eigenvalue weighted by atomic mass is 10.1. The van der Waals surface area contributed by atoms with Crippen LogP contribution in [0.15, 0.2) is 93.1 Å². The van der Waals surface area contributed by atoms with Crippen LogP contribution >= 0.6 is 15.9 Å². The Hall–Kier alpha value is -4.84. The molecule has 37 heavy (non-hydrogen) atoms. The normalized spacial score (nSPS) is 11.1. The van der Waals surface area contributed by atoms with Crippen molar-refractivity contribution in [3.05, 3.63) is 100 Å². The Kier molecular flexibility index (Phi) is 6.99. The zero-order chi connectivity index (χ0) is 25.6. The molecule has 3 N–H and O–H groups in total. The van der Waals surface area contributed by atoms with Crippen LogP contribution in [0.2, 0.25) is 0 Å². The van der Waals surface area contributed by atoms with Crippen LogP contribution < -0.4 is 15.9 Å².